The molecule has 2 heteroatoms. The van der Waals surface area contributed by atoms with Gasteiger partial charge >= 0.3 is 0 Å². The molecule has 0 aromatic heterocycles. The zero-order valence-corrected chi connectivity index (χ0v) is 14.1. The lowest BCUT2D eigenvalue weighted by atomic mass is 9.87. The van der Waals surface area contributed by atoms with Crippen LogP contribution in [-0.4, -0.2) is 11.2 Å². The summed E-state index contributed by atoms with van der Waals surface area (Å²) < 4.78 is 5.88. The topological polar surface area (TPSA) is 29.5 Å². The monoisotopic (exact) mass is 298 g/mol. The molecule has 0 aliphatic carbocycles. The average molecular weight is 298 g/mol. The molecule has 2 nitrogen and oxygen atoms in total. The maximum absolute atomic E-state index is 9.64. The van der Waals surface area contributed by atoms with Gasteiger partial charge in [0.2, 0.25) is 0 Å². The number of rotatable bonds is 4. The summed E-state index contributed by atoms with van der Waals surface area (Å²) in [5.41, 5.74) is 2.56. The minimum atomic E-state index is -0.350. The minimum Gasteiger partial charge on any atom is -0.457 e. The van der Waals surface area contributed by atoms with Crippen molar-refractivity contribution >= 4 is 0 Å². The van der Waals surface area contributed by atoms with Crippen molar-refractivity contribution in [3.8, 4) is 11.5 Å². The molecule has 0 amide bonds. The van der Waals surface area contributed by atoms with Gasteiger partial charge in [-0.05, 0) is 47.7 Å². The number of hydrogen-bond acceptors (Lipinski definition) is 2. The van der Waals surface area contributed by atoms with Gasteiger partial charge in [-0.1, -0.05) is 52.0 Å². The van der Waals surface area contributed by atoms with Crippen molar-refractivity contribution in [1.82, 2.24) is 0 Å². The molecule has 2 rings (SSSR count). The van der Waals surface area contributed by atoms with E-state index in [4.69, 9.17) is 4.74 Å². The van der Waals surface area contributed by atoms with Crippen molar-refractivity contribution < 1.29 is 9.84 Å². The molecular formula is C20H26O2. The van der Waals surface area contributed by atoms with Crippen LogP contribution >= 0.6 is 0 Å². The first-order valence-electron chi connectivity index (χ1n) is 7.84. The number of aliphatic hydroxyl groups is 1. The number of hydrogen-bond donors (Lipinski definition) is 1. The largest absolute Gasteiger partial charge is 0.457 e. The molecule has 0 saturated carbocycles. The zero-order chi connectivity index (χ0) is 16.3. The Morgan fingerprint density at radius 3 is 1.68 bits per heavy atom. The van der Waals surface area contributed by atoms with E-state index in [1.165, 1.54) is 5.56 Å². The predicted molar refractivity (Wildman–Crippen MR) is 91.8 cm³/mol. The van der Waals surface area contributed by atoms with Crippen molar-refractivity contribution in [2.24, 2.45) is 0 Å². The summed E-state index contributed by atoms with van der Waals surface area (Å²) >= 11 is 0. The number of aliphatic hydroxyl groups excluding tert-OH is 1. The third-order valence-corrected chi connectivity index (χ3v) is 4.09. The van der Waals surface area contributed by atoms with Crippen molar-refractivity contribution in [2.75, 3.05) is 0 Å². The van der Waals surface area contributed by atoms with Crippen molar-refractivity contribution in [3.05, 3.63) is 59.7 Å². The van der Waals surface area contributed by atoms with E-state index in [-0.39, 0.29) is 17.4 Å². The first-order chi connectivity index (χ1) is 10.3. The van der Waals surface area contributed by atoms with Gasteiger partial charge in [0.25, 0.3) is 0 Å². The molecule has 2 aromatic rings. The second-order valence-electron chi connectivity index (χ2n) is 6.97. The average Bonchev–Trinajstić information content (AvgIpc) is 2.47. The van der Waals surface area contributed by atoms with E-state index in [1.54, 1.807) is 0 Å². The molecule has 0 radical (unpaired) electrons. The van der Waals surface area contributed by atoms with Gasteiger partial charge in [0, 0.05) is 5.92 Å². The van der Waals surface area contributed by atoms with E-state index < -0.39 is 0 Å². The highest BCUT2D eigenvalue weighted by molar-refractivity contribution is 5.36. The van der Waals surface area contributed by atoms with E-state index in [9.17, 15) is 5.11 Å². The van der Waals surface area contributed by atoms with E-state index in [0.717, 1.165) is 17.1 Å². The summed E-state index contributed by atoms with van der Waals surface area (Å²) in [7, 11) is 0. The summed E-state index contributed by atoms with van der Waals surface area (Å²) in [4.78, 5) is 0. The molecule has 0 saturated heterocycles. The van der Waals surface area contributed by atoms with Crippen LogP contribution in [0.25, 0.3) is 0 Å². The van der Waals surface area contributed by atoms with Crippen LogP contribution in [0.1, 0.15) is 51.7 Å². The van der Waals surface area contributed by atoms with Crippen LogP contribution in [0.5, 0.6) is 11.5 Å². The van der Waals surface area contributed by atoms with Crippen LogP contribution < -0.4 is 4.74 Å². The lowest BCUT2D eigenvalue weighted by Crippen LogP contribution is -2.10. The first kappa shape index (κ1) is 16.6. The second kappa shape index (κ2) is 6.53. The molecule has 22 heavy (non-hydrogen) atoms. The van der Waals surface area contributed by atoms with E-state index in [0.29, 0.717) is 0 Å². The van der Waals surface area contributed by atoms with E-state index in [1.807, 2.05) is 50.2 Å². The van der Waals surface area contributed by atoms with Crippen LogP contribution in [0.4, 0.5) is 0 Å². The zero-order valence-electron chi connectivity index (χ0n) is 14.1. The third-order valence-electron chi connectivity index (χ3n) is 4.09. The Hall–Kier alpha value is -1.80. The Morgan fingerprint density at radius 1 is 0.818 bits per heavy atom. The SMILES string of the molecule is CC(c1ccc(Oc2ccc(C(C)(C)C)cc2)cc1)[C@@H](C)O. The molecule has 0 aliphatic heterocycles. The molecular weight excluding hydrogens is 272 g/mol. The molecule has 1 unspecified atom stereocenters. The van der Waals surface area contributed by atoms with Crippen LogP contribution in [-0.2, 0) is 5.41 Å². The van der Waals surface area contributed by atoms with Gasteiger partial charge in [0.05, 0.1) is 6.10 Å². The highest BCUT2D eigenvalue weighted by atomic mass is 16.5. The lowest BCUT2D eigenvalue weighted by Gasteiger charge is -2.19. The normalized spacial score (nSPS) is 14.5. The quantitative estimate of drug-likeness (QED) is 0.834. The van der Waals surface area contributed by atoms with Crippen LogP contribution in [0.3, 0.4) is 0 Å². The summed E-state index contributed by atoms with van der Waals surface area (Å²) in [5, 5.41) is 9.64. The molecule has 1 N–H and O–H groups in total. The summed E-state index contributed by atoms with van der Waals surface area (Å²) in [5.74, 6) is 1.77. The highest BCUT2D eigenvalue weighted by Crippen LogP contribution is 2.28. The molecule has 0 spiro atoms. The predicted octanol–water partition coefficient (Wildman–Crippen LogP) is 5.26. The molecule has 0 heterocycles. The molecule has 2 aromatic carbocycles. The van der Waals surface area contributed by atoms with Crippen LogP contribution in [0, 0.1) is 0 Å². The Bertz CT molecular complexity index is 589. The lowest BCUT2D eigenvalue weighted by molar-refractivity contribution is 0.169. The maximum Gasteiger partial charge on any atom is 0.127 e. The minimum absolute atomic E-state index is 0.125. The summed E-state index contributed by atoms with van der Waals surface area (Å²) in [6.45, 7) is 10.4. The first-order valence-corrected chi connectivity index (χ1v) is 7.84. The fourth-order valence-electron chi connectivity index (χ4n) is 2.28. The van der Waals surface area contributed by atoms with Gasteiger partial charge in [-0.2, -0.15) is 0 Å². The number of benzene rings is 2. The van der Waals surface area contributed by atoms with E-state index in [2.05, 4.69) is 32.9 Å². The molecule has 2 atom stereocenters. The number of ether oxygens (including phenoxy) is 1. The van der Waals surface area contributed by atoms with Gasteiger partial charge < -0.3 is 9.84 Å². The Morgan fingerprint density at radius 2 is 1.27 bits per heavy atom. The van der Waals surface area contributed by atoms with Crippen LogP contribution in [0.2, 0.25) is 0 Å². The van der Waals surface area contributed by atoms with Crippen molar-refractivity contribution in [1.29, 1.82) is 0 Å². The van der Waals surface area contributed by atoms with Gasteiger partial charge in [0.1, 0.15) is 11.5 Å². The highest BCUT2D eigenvalue weighted by Gasteiger charge is 2.13. The Labute approximate surface area is 133 Å². The Kier molecular flexibility index (Phi) is 4.92. The van der Waals surface area contributed by atoms with Crippen molar-refractivity contribution in [3.63, 3.8) is 0 Å². The van der Waals surface area contributed by atoms with Crippen LogP contribution in [0.15, 0.2) is 48.5 Å². The molecule has 0 aliphatic rings. The maximum atomic E-state index is 9.64. The third kappa shape index (κ3) is 4.11. The molecule has 118 valence electrons. The Balaban J connectivity index is 2.08. The van der Waals surface area contributed by atoms with Gasteiger partial charge in [-0.15, -0.1) is 0 Å². The summed E-state index contributed by atoms with van der Waals surface area (Å²) in [6, 6.07) is 16.2. The van der Waals surface area contributed by atoms with Crippen molar-refractivity contribution in [2.45, 2.75) is 52.1 Å². The molecule has 0 bridgehead atoms. The fourth-order valence-corrected chi connectivity index (χ4v) is 2.28. The van der Waals surface area contributed by atoms with Gasteiger partial charge in [-0.25, -0.2) is 0 Å². The van der Waals surface area contributed by atoms with E-state index >= 15 is 0 Å². The van der Waals surface area contributed by atoms with Gasteiger partial charge in [0.15, 0.2) is 0 Å². The van der Waals surface area contributed by atoms with Gasteiger partial charge in [-0.3, -0.25) is 0 Å². The fraction of sp³-hybridized carbons (Fsp3) is 0.400. The standard InChI is InChI=1S/C20H26O2/c1-14(15(2)21)16-6-10-18(11-7-16)22-19-12-8-17(9-13-19)20(3,4)5/h6-15,21H,1-5H3/t14?,15-/m1/s1. The second-order valence-corrected chi connectivity index (χ2v) is 6.97. The molecule has 0 fully saturated rings. The smallest absolute Gasteiger partial charge is 0.127 e. The summed E-state index contributed by atoms with van der Waals surface area (Å²) in [6.07, 6.45) is -0.350.